The van der Waals surface area contributed by atoms with Crippen LogP contribution in [-0.4, -0.2) is 53.0 Å². The van der Waals surface area contributed by atoms with Gasteiger partial charge in [-0.2, -0.15) is 0 Å². The van der Waals surface area contributed by atoms with E-state index in [1.807, 2.05) is 31.1 Å². The fourth-order valence-electron chi connectivity index (χ4n) is 3.55. The molecular formula is C20H33BN2O4S. The highest BCUT2D eigenvalue weighted by atomic mass is 32.1. The highest BCUT2D eigenvalue weighted by molar-refractivity contribution is 7.10. The molecule has 0 aromatic carbocycles. The van der Waals surface area contributed by atoms with Crippen molar-refractivity contribution in [2.45, 2.75) is 84.5 Å². The van der Waals surface area contributed by atoms with Crippen molar-refractivity contribution in [3.05, 3.63) is 10.4 Å². The van der Waals surface area contributed by atoms with Crippen LogP contribution in [0.2, 0.25) is 0 Å². The number of amides is 1. The number of aromatic nitrogens is 1. The topological polar surface area (TPSA) is 60.9 Å². The lowest BCUT2D eigenvalue weighted by Crippen LogP contribution is -2.44. The van der Waals surface area contributed by atoms with Crippen molar-refractivity contribution >= 4 is 30.1 Å². The summed E-state index contributed by atoms with van der Waals surface area (Å²) in [5.74, 6) is 0.651. The monoisotopic (exact) mass is 408 g/mol. The van der Waals surface area contributed by atoms with Gasteiger partial charge in [-0.05, 0) is 60.8 Å². The smallest absolute Gasteiger partial charge is 0.444 e. The van der Waals surface area contributed by atoms with E-state index in [2.05, 4.69) is 34.6 Å². The normalized spacial score (nSPS) is 27.1. The summed E-state index contributed by atoms with van der Waals surface area (Å²) in [7, 11) is -0.424. The highest BCUT2D eigenvalue weighted by Crippen LogP contribution is 2.38. The Morgan fingerprint density at radius 3 is 2.43 bits per heavy atom. The highest BCUT2D eigenvalue weighted by Gasteiger charge is 2.52. The third-order valence-corrected chi connectivity index (χ3v) is 6.90. The van der Waals surface area contributed by atoms with Crippen LogP contribution in [0.4, 0.5) is 4.79 Å². The molecule has 156 valence electrons. The molecule has 1 aromatic rings. The molecule has 0 radical (unpaired) electrons. The van der Waals surface area contributed by atoms with Crippen molar-refractivity contribution in [3.63, 3.8) is 0 Å². The van der Waals surface area contributed by atoms with Gasteiger partial charge in [-0.15, -0.1) is 11.3 Å². The van der Waals surface area contributed by atoms with Gasteiger partial charge in [0.2, 0.25) is 0 Å². The number of nitrogens with zero attached hydrogens (tertiary/aromatic N) is 2. The Morgan fingerprint density at radius 2 is 1.89 bits per heavy atom. The quantitative estimate of drug-likeness (QED) is 0.697. The maximum Gasteiger partial charge on any atom is 0.515 e. The van der Waals surface area contributed by atoms with Crippen LogP contribution in [0.1, 0.15) is 72.7 Å². The van der Waals surface area contributed by atoms with E-state index in [-0.39, 0.29) is 17.3 Å². The number of likely N-dealkylation sites (tertiary alicyclic amines) is 1. The number of piperidine rings is 1. The predicted molar refractivity (Wildman–Crippen MR) is 112 cm³/mol. The summed E-state index contributed by atoms with van der Waals surface area (Å²) in [6.07, 6.45) is 0.659. The molecule has 2 fully saturated rings. The van der Waals surface area contributed by atoms with Gasteiger partial charge >= 0.3 is 13.2 Å². The molecule has 28 heavy (non-hydrogen) atoms. The lowest BCUT2D eigenvalue weighted by molar-refractivity contribution is 0.00578. The van der Waals surface area contributed by atoms with Gasteiger partial charge in [0.25, 0.3) is 0 Å². The Morgan fingerprint density at radius 1 is 1.29 bits per heavy atom. The average molecular weight is 408 g/mol. The van der Waals surface area contributed by atoms with Crippen molar-refractivity contribution in [2.75, 3.05) is 13.1 Å². The average Bonchev–Trinajstić information content (AvgIpc) is 3.08. The Balaban J connectivity index is 1.64. The van der Waals surface area contributed by atoms with Crippen LogP contribution in [0.5, 0.6) is 0 Å². The first-order valence-electron chi connectivity index (χ1n) is 10.1. The Bertz CT molecular complexity index is 712. The predicted octanol–water partition coefficient (Wildman–Crippen LogP) is 3.80. The number of carbonyl (C=O) groups excluding carboxylic acids is 1. The van der Waals surface area contributed by atoms with E-state index in [4.69, 9.17) is 19.0 Å². The molecule has 0 bridgehead atoms. The minimum atomic E-state index is -0.468. The van der Waals surface area contributed by atoms with Gasteiger partial charge in [0.15, 0.2) is 0 Å². The summed E-state index contributed by atoms with van der Waals surface area (Å²) in [5, 5.41) is 3.14. The number of carbonyl (C=O) groups is 1. The van der Waals surface area contributed by atoms with Crippen molar-refractivity contribution in [2.24, 2.45) is 5.92 Å². The molecular weight excluding hydrogens is 375 g/mol. The van der Waals surface area contributed by atoms with Gasteiger partial charge in [-0.1, -0.05) is 6.92 Å². The van der Waals surface area contributed by atoms with Crippen molar-refractivity contribution in [3.8, 4) is 0 Å². The summed E-state index contributed by atoms with van der Waals surface area (Å²) in [6, 6.07) is 0. The van der Waals surface area contributed by atoms with Crippen LogP contribution < -0.4 is 5.59 Å². The third-order valence-electron chi connectivity index (χ3n) is 5.91. The second kappa shape index (κ2) is 7.29. The molecule has 0 spiro atoms. The fraction of sp³-hybridized carbons (Fsp3) is 0.800. The number of hydrogen-bond donors (Lipinski definition) is 0. The summed E-state index contributed by atoms with van der Waals surface area (Å²) >= 11 is 1.66. The molecule has 8 heteroatoms. The van der Waals surface area contributed by atoms with Gasteiger partial charge < -0.3 is 18.9 Å². The van der Waals surface area contributed by atoms with Gasteiger partial charge in [0.05, 0.1) is 21.8 Å². The minimum Gasteiger partial charge on any atom is -0.444 e. The molecule has 2 aliphatic rings. The maximum absolute atomic E-state index is 12.4. The first kappa shape index (κ1) is 21.6. The van der Waals surface area contributed by atoms with E-state index < -0.39 is 12.7 Å². The minimum absolute atomic E-state index is 0.227. The zero-order chi connectivity index (χ0) is 20.9. The van der Waals surface area contributed by atoms with Crippen molar-refractivity contribution in [1.82, 2.24) is 9.88 Å². The van der Waals surface area contributed by atoms with Gasteiger partial charge in [-0.3, -0.25) is 0 Å². The van der Waals surface area contributed by atoms with E-state index in [9.17, 15) is 4.79 Å². The SMILES string of the molecule is CC1CN(C(=O)OC(C)(C)C)CCC1c1nc(B2OC(C)(C)C(C)(C)O2)cs1. The summed E-state index contributed by atoms with van der Waals surface area (Å²) in [6.45, 7) is 17.4. The van der Waals surface area contributed by atoms with Crippen LogP contribution in [0, 0.1) is 5.92 Å². The zero-order valence-corrected chi connectivity index (χ0v) is 19.2. The first-order chi connectivity index (χ1) is 12.8. The van der Waals surface area contributed by atoms with Crippen molar-refractivity contribution in [1.29, 1.82) is 0 Å². The fourth-order valence-corrected chi connectivity index (χ4v) is 4.64. The molecule has 3 rings (SSSR count). The molecule has 2 atom stereocenters. The number of thiazole rings is 1. The second-order valence-electron chi connectivity index (χ2n) is 10.00. The standard InChI is InChI=1S/C20H33BN2O4S/c1-13-11-23(17(24)25-18(2,3)4)10-9-14(13)16-22-15(12-28-16)21-26-19(5,6)20(7,8)27-21/h12-14H,9-11H2,1-8H3. The summed E-state index contributed by atoms with van der Waals surface area (Å²) < 4.78 is 17.8. The van der Waals surface area contributed by atoms with Crippen molar-refractivity contribution < 1.29 is 18.8 Å². The summed E-state index contributed by atoms with van der Waals surface area (Å²) in [5.41, 5.74) is -0.356. The Labute approximate surface area is 173 Å². The molecule has 6 nitrogen and oxygen atoms in total. The van der Waals surface area contributed by atoms with E-state index in [1.54, 1.807) is 11.3 Å². The maximum atomic E-state index is 12.4. The van der Waals surface area contributed by atoms with Gasteiger partial charge in [0.1, 0.15) is 5.60 Å². The van der Waals surface area contributed by atoms with E-state index in [0.29, 0.717) is 24.9 Å². The van der Waals surface area contributed by atoms with Gasteiger partial charge in [-0.25, -0.2) is 9.78 Å². The van der Waals surface area contributed by atoms with Crippen LogP contribution in [0.25, 0.3) is 0 Å². The van der Waals surface area contributed by atoms with Crippen LogP contribution in [0.3, 0.4) is 0 Å². The number of hydrogen-bond acceptors (Lipinski definition) is 6. The molecule has 2 aliphatic heterocycles. The van der Waals surface area contributed by atoms with Crippen LogP contribution in [-0.2, 0) is 14.0 Å². The summed E-state index contributed by atoms with van der Waals surface area (Å²) in [4.78, 5) is 19.0. The number of rotatable bonds is 2. The molecule has 1 amide bonds. The molecule has 0 aliphatic carbocycles. The Hall–Kier alpha value is -1.12. The molecule has 0 saturated carbocycles. The largest absolute Gasteiger partial charge is 0.515 e. The molecule has 1 aromatic heterocycles. The third kappa shape index (κ3) is 4.39. The van der Waals surface area contributed by atoms with Crippen LogP contribution >= 0.6 is 11.3 Å². The van der Waals surface area contributed by atoms with E-state index in [0.717, 1.165) is 17.0 Å². The number of ether oxygens (including phenoxy) is 1. The van der Waals surface area contributed by atoms with E-state index >= 15 is 0 Å². The molecule has 2 unspecified atom stereocenters. The zero-order valence-electron chi connectivity index (χ0n) is 18.4. The molecule has 3 heterocycles. The Kier molecular flexibility index (Phi) is 5.62. The second-order valence-corrected chi connectivity index (χ2v) is 10.9. The van der Waals surface area contributed by atoms with Crippen LogP contribution in [0.15, 0.2) is 5.38 Å². The van der Waals surface area contributed by atoms with E-state index in [1.165, 1.54) is 0 Å². The lowest BCUT2D eigenvalue weighted by Gasteiger charge is -2.36. The molecule has 2 saturated heterocycles. The van der Waals surface area contributed by atoms with Gasteiger partial charge in [0, 0.05) is 24.4 Å². The molecule has 0 N–H and O–H groups in total. The first-order valence-corrected chi connectivity index (χ1v) is 11.0. The lowest BCUT2D eigenvalue weighted by atomic mass is 9.85.